The van der Waals surface area contributed by atoms with Gasteiger partial charge >= 0.3 is 0 Å². The molecule has 0 bridgehead atoms. The zero-order chi connectivity index (χ0) is 11.9. The third-order valence-electron chi connectivity index (χ3n) is 3.37. The Morgan fingerprint density at radius 1 is 1.06 bits per heavy atom. The van der Waals surface area contributed by atoms with Crippen LogP contribution in [0.15, 0.2) is 24.3 Å². The first-order valence-corrected chi connectivity index (χ1v) is 6.95. The SMILES string of the molecule is CC(COC1C=CCCC1)OC1C=CCCC1. The van der Waals surface area contributed by atoms with Crippen LogP contribution in [0.2, 0.25) is 0 Å². The Morgan fingerprint density at radius 2 is 1.71 bits per heavy atom. The van der Waals surface area contributed by atoms with E-state index in [1.807, 2.05) is 0 Å². The quantitative estimate of drug-likeness (QED) is 0.679. The largest absolute Gasteiger partial charge is 0.371 e. The molecule has 2 heteroatoms. The highest BCUT2D eigenvalue weighted by molar-refractivity contribution is 4.95. The molecule has 2 nitrogen and oxygen atoms in total. The summed E-state index contributed by atoms with van der Waals surface area (Å²) in [7, 11) is 0. The van der Waals surface area contributed by atoms with E-state index in [4.69, 9.17) is 9.47 Å². The van der Waals surface area contributed by atoms with Crippen LogP contribution < -0.4 is 0 Å². The number of allylic oxidation sites excluding steroid dienone is 2. The van der Waals surface area contributed by atoms with Crippen LogP contribution >= 0.6 is 0 Å². The highest BCUT2D eigenvalue weighted by Gasteiger charge is 2.15. The molecule has 0 saturated carbocycles. The van der Waals surface area contributed by atoms with Crippen molar-refractivity contribution < 1.29 is 9.47 Å². The second-order valence-electron chi connectivity index (χ2n) is 5.08. The van der Waals surface area contributed by atoms with Gasteiger partial charge in [-0.25, -0.2) is 0 Å². The molecule has 3 unspecified atom stereocenters. The second-order valence-corrected chi connectivity index (χ2v) is 5.08. The van der Waals surface area contributed by atoms with E-state index in [-0.39, 0.29) is 6.10 Å². The molecular weight excluding hydrogens is 212 g/mol. The third kappa shape index (κ3) is 4.64. The Labute approximate surface area is 105 Å². The van der Waals surface area contributed by atoms with Crippen molar-refractivity contribution in [1.82, 2.24) is 0 Å². The van der Waals surface area contributed by atoms with Gasteiger partial charge in [0.25, 0.3) is 0 Å². The standard InChI is InChI=1S/C15H24O2/c1-13(17-15-10-6-3-7-11-15)12-16-14-8-4-2-5-9-14/h4,6,8,10,13-15H,2-3,5,7,9,11-12H2,1H3. The smallest absolute Gasteiger partial charge is 0.0788 e. The first-order valence-electron chi connectivity index (χ1n) is 6.95. The fraction of sp³-hybridized carbons (Fsp3) is 0.733. The molecule has 0 heterocycles. The summed E-state index contributed by atoms with van der Waals surface area (Å²) in [6.45, 7) is 2.81. The number of hydrogen-bond acceptors (Lipinski definition) is 2. The summed E-state index contributed by atoms with van der Waals surface area (Å²) >= 11 is 0. The second kappa shape index (κ2) is 6.97. The lowest BCUT2D eigenvalue weighted by molar-refractivity contribution is -0.0499. The van der Waals surface area contributed by atoms with E-state index < -0.39 is 0 Å². The maximum absolute atomic E-state index is 5.95. The van der Waals surface area contributed by atoms with E-state index in [2.05, 4.69) is 31.2 Å². The van der Waals surface area contributed by atoms with Gasteiger partial charge in [-0.05, 0) is 45.4 Å². The maximum atomic E-state index is 5.95. The molecule has 2 aliphatic carbocycles. The molecule has 2 rings (SSSR count). The first kappa shape index (κ1) is 12.8. The summed E-state index contributed by atoms with van der Waals surface area (Å²) < 4.78 is 11.8. The first-order chi connectivity index (χ1) is 8.34. The van der Waals surface area contributed by atoms with Gasteiger partial charge in [-0.3, -0.25) is 0 Å². The average Bonchev–Trinajstić information content (AvgIpc) is 2.39. The lowest BCUT2D eigenvalue weighted by Crippen LogP contribution is -2.26. The van der Waals surface area contributed by atoms with Gasteiger partial charge in [0, 0.05) is 0 Å². The molecule has 0 saturated heterocycles. The fourth-order valence-corrected chi connectivity index (χ4v) is 2.41. The van der Waals surface area contributed by atoms with Crippen LogP contribution in [-0.2, 0) is 9.47 Å². The summed E-state index contributed by atoms with van der Waals surface area (Å²) in [6, 6.07) is 0. The molecule has 96 valence electrons. The topological polar surface area (TPSA) is 18.5 Å². The Balaban J connectivity index is 1.64. The van der Waals surface area contributed by atoms with E-state index in [9.17, 15) is 0 Å². The minimum atomic E-state index is 0.193. The molecule has 2 aliphatic rings. The predicted molar refractivity (Wildman–Crippen MR) is 70.1 cm³/mol. The van der Waals surface area contributed by atoms with Gasteiger partial charge in [0.15, 0.2) is 0 Å². The molecule has 3 atom stereocenters. The zero-order valence-electron chi connectivity index (χ0n) is 10.8. The molecule has 0 spiro atoms. The van der Waals surface area contributed by atoms with E-state index in [1.54, 1.807) is 0 Å². The lowest BCUT2D eigenvalue weighted by Gasteiger charge is -2.24. The van der Waals surface area contributed by atoms with Gasteiger partial charge in [0.05, 0.1) is 24.9 Å². The molecule has 17 heavy (non-hydrogen) atoms. The predicted octanol–water partition coefficient (Wildman–Crippen LogP) is 3.63. The molecule has 0 radical (unpaired) electrons. The summed E-state index contributed by atoms with van der Waals surface area (Å²) in [4.78, 5) is 0. The monoisotopic (exact) mass is 236 g/mol. The van der Waals surface area contributed by atoms with Gasteiger partial charge in [-0.2, -0.15) is 0 Å². The van der Waals surface area contributed by atoms with Gasteiger partial charge < -0.3 is 9.47 Å². The van der Waals surface area contributed by atoms with Crippen LogP contribution in [0.3, 0.4) is 0 Å². The van der Waals surface area contributed by atoms with Gasteiger partial charge in [0.2, 0.25) is 0 Å². The van der Waals surface area contributed by atoms with E-state index in [0.29, 0.717) is 18.8 Å². The fourth-order valence-electron chi connectivity index (χ4n) is 2.41. The van der Waals surface area contributed by atoms with Crippen molar-refractivity contribution in [1.29, 1.82) is 0 Å². The number of rotatable bonds is 5. The Kier molecular flexibility index (Phi) is 5.27. The van der Waals surface area contributed by atoms with Crippen LogP contribution in [0, 0.1) is 0 Å². The normalized spacial score (nSPS) is 30.4. The van der Waals surface area contributed by atoms with Crippen molar-refractivity contribution in [3.05, 3.63) is 24.3 Å². The maximum Gasteiger partial charge on any atom is 0.0788 e. The van der Waals surface area contributed by atoms with Crippen LogP contribution in [-0.4, -0.2) is 24.9 Å². The van der Waals surface area contributed by atoms with Gasteiger partial charge in [-0.15, -0.1) is 0 Å². The van der Waals surface area contributed by atoms with Crippen molar-refractivity contribution in [2.75, 3.05) is 6.61 Å². The molecule has 0 aromatic rings. The van der Waals surface area contributed by atoms with Gasteiger partial charge in [0.1, 0.15) is 0 Å². The van der Waals surface area contributed by atoms with Crippen molar-refractivity contribution >= 4 is 0 Å². The average molecular weight is 236 g/mol. The molecule has 0 aromatic carbocycles. The summed E-state index contributed by atoms with van der Waals surface area (Å²) in [5.74, 6) is 0. The van der Waals surface area contributed by atoms with Crippen LogP contribution in [0.1, 0.15) is 45.4 Å². The Morgan fingerprint density at radius 3 is 2.29 bits per heavy atom. The number of ether oxygens (including phenoxy) is 2. The van der Waals surface area contributed by atoms with Crippen molar-refractivity contribution in [3.8, 4) is 0 Å². The Bertz CT molecular complexity index is 270. The van der Waals surface area contributed by atoms with Crippen molar-refractivity contribution in [2.45, 2.75) is 63.8 Å². The van der Waals surface area contributed by atoms with Gasteiger partial charge in [-0.1, -0.05) is 24.3 Å². The Hall–Kier alpha value is -0.600. The van der Waals surface area contributed by atoms with Crippen molar-refractivity contribution in [3.63, 3.8) is 0 Å². The van der Waals surface area contributed by atoms with Crippen LogP contribution in [0.5, 0.6) is 0 Å². The summed E-state index contributed by atoms with van der Waals surface area (Å²) in [5, 5.41) is 0. The van der Waals surface area contributed by atoms with Crippen molar-refractivity contribution in [2.24, 2.45) is 0 Å². The third-order valence-corrected chi connectivity index (χ3v) is 3.37. The summed E-state index contributed by atoms with van der Waals surface area (Å²) in [6.07, 6.45) is 16.9. The molecular formula is C15H24O2. The molecule has 0 N–H and O–H groups in total. The minimum absolute atomic E-state index is 0.193. The molecule has 0 aromatic heterocycles. The van der Waals surface area contributed by atoms with E-state index in [0.717, 1.165) is 12.8 Å². The summed E-state index contributed by atoms with van der Waals surface area (Å²) in [5.41, 5.74) is 0. The lowest BCUT2D eigenvalue weighted by atomic mass is 10.1. The molecule has 0 aliphatic heterocycles. The van der Waals surface area contributed by atoms with E-state index in [1.165, 1.54) is 25.7 Å². The van der Waals surface area contributed by atoms with E-state index >= 15 is 0 Å². The van der Waals surface area contributed by atoms with Crippen LogP contribution in [0.25, 0.3) is 0 Å². The highest BCUT2D eigenvalue weighted by atomic mass is 16.5. The van der Waals surface area contributed by atoms with Crippen LogP contribution in [0.4, 0.5) is 0 Å². The molecule has 0 fully saturated rings. The zero-order valence-corrected chi connectivity index (χ0v) is 10.8. The number of hydrogen-bond donors (Lipinski definition) is 0. The highest BCUT2D eigenvalue weighted by Crippen LogP contribution is 2.17. The minimum Gasteiger partial charge on any atom is -0.371 e. The molecule has 0 amide bonds.